The average molecular weight is 281 g/mol. The molecule has 0 spiro atoms. The molecule has 0 aliphatic carbocycles. The van der Waals surface area contributed by atoms with E-state index in [1.165, 1.54) is 12.3 Å². The maximum atomic E-state index is 12.8. The summed E-state index contributed by atoms with van der Waals surface area (Å²) in [6.45, 7) is 1.78. The van der Waals surface area contributed by atoms with E-state index in [9.17, 15) is 18.0 Å². The number of aryl methyl sites for hydroxylation is 1. The van der Waals surface area contributed by atoms with Crippen molar-refractivity contribution in [3.8, 4) is 11.5 Å². The van der Waals surface area contributed by atoms with Crippen LogP contribution in [0.25, 0.3) is 0 Å². The first-order valence-corrected chi connectivity index (χ1v) is 5.67. The Kier molecular flexibility index (Phi) is 3.74. The van der Waals surface area contributed by atoms with Crippen molar-refractivity contribution >= 4 is 6.29 Å². The molecule has 0 aliphatic heterocycles. The van der Waals surface area contributed by atoms with Crippen LogP contribution in [-0.4, -0.2) is 11.3 Å². The first-order valence-electron chi connectivity index (χ1n) is 5.67. The molecule has 20 heavy (non-hydrogen) atoms. The fourth-order valence-corrected chi connectivity index (χ4v) is 1.60. The highest BCUT2D eigenvalue weighted by Gasteiger charge is 2.33. The van der Waals surface area contributed by atoms with E-state index in [-0.39, 0.29) is 12.0 Å². The van der Waals surface area contributed by atoms with Crippen LogP contribution in [0.15, 0.2) is 36.5 Å². The Morgan fingerprint density at radius 3 is 2.40 bits per heavy atom. The molecular weight excluding hydrogens is 271 g/mol. The summed E-state index contributed by atoms with van der Waals surface area (Å²) in [7, 11) is 0. The number of pyridine rings is 1. The lowest BCUT2D eigenvalue weighted by molar-refractivity contribution is -0.137. The van der Waals surface area contributed by atoms with Crippen LogP contribution in [0.2, 0.25) is 0 Å². The van der Waals surface area contributed by atoms with Crippen LogP contribution in [0.1, 0.15) is 21.6 Å². The highest BCUT2D eigenvalue weighted by molar-refractivity contribution is 5.78. The molecule has 6 heteroatoms. The van der Waals surface area contributed by atoms with Crippen molar-refractivity contribution in [2.24, 2.45) is 0 Å². The van der Waals surface area contributed by atoms with Crippen LogP contribution in [0.3, 0.4) is 0 Å². The van der Waals surface area contributed by atoms with E-state index >= 15 is 0 Å². The highest BCUT2D eigenvalue weighted by atomic mass is 19.4. The molecule has 2 rings (SSSR count). The smallest absolute Gasteiger partial charge is 0.417 e. The predicted molar refractivity (Wildman–Crippen MR) is 65.9 cm³/mol. The summed E-state index contributed by atoms with van der Waals surface area (Å²) >= 11 is 0. The normalized spacial score (nSPS) is 11.2. The quantitative estimate of drug-likeness (QED) is 0.798. The van der Waals surface area contributed by atoms with E-state index in [0.29, 0.717) is 5.75 Å². The minimum absolute atomic E-state index is 0.00595. The second-order valence-corrected chi connectivity index (χ2v) is 4.10. The van der Waals surface area contributed by atoms with Gasteiger partial charge in [-0.1, -0.05) is 0 Å². The topological polar surface area (TPSA) is 39.2 Å². The van der Waals surface area contributed by atoms with Crippen LogP contribution in [0, 0.1) is 6.92 Å². The Labute approximate surface area is 113 Å². The summed E-state index contributed by atoms with van der Waals surface area (Å²) in [5.74, 6) is 0.316. The van der Waals surface area contributed by atoms with Crippen molar-refractivity contribution in [2.45, 2.75) is 13.1 Å². The number of ether oxygens (including phenoxy) is 1. The van der Waals surface area contributed by atoms with Crippen LogP contribution in [-0.2, 0) is 6.18 Å². The van der Waals surface area contributed by atoms with Crippen LogP contribution >= 0.6 is 0 Å². The SMILES string of the molecule is Cc1ccc(Oc2ccc(C=O)c(C(F)(F)F)c2)cn1. The van der Waals surface area contributed by atoms with Gasteiger partial charge >= 0.3 is 6.18 Å². The van der Waals surface area contributed by atoms with Gasteiger partial charge in [0, 0.05) is 11.3 Å². The van der Waals surface area contributed by atoms with Gasteiger partial charge in [0.25, 0.3) is 0 Å². The van der Waals surface area contributed by atoms with Crippen molar-refractivity contribution in [3.05, 3.63) is 53.3 Å². The largest absolute Gasteiger partial charge is 0.456 e. The standard InChI is InChI=1S/C14H10F3NO2/c1-9-2-4-12(7-18-9)20-11-5-3-10(8-19)13(6-11)14(15,16)17/h2-8H,1H3. The van der Waals surface area contributed by atoms with Crippen molar-refractivity contribution in [1.82, 2.24) is 4.98 Å². The summed E-state index contributed by atoms with van der Waals surface area (Å²) in [6.07, 6.45) is -3.03. The molecule has 0 N–H and O–H groups in total. The zero-order valence-electron chi connectivity index (χ0n) is 10.4. The molecular formula is C14H10F3NO2. The zero-order chi connectivity index (χ0) is 14.8. The Bertz CT molecular complexity index is 621. The molecule has 0 saturated heterocycles. The maximum absolute atomic E-state index is 12.8. The predicted octanol–water partition coefficient (Wildman–Crippen LogP) is 4.01. The molecule has 3 nitrogen and oxygen atoms in total. The van der Waals surface area contributed by atoms with Gasteiger partial charge in [-0.3, -0.25) is 9.78 Å². The monoisotopic (exact) mass is 281 g/mol. The number of nitrogens with zero attached hydrogens (tertiary/aromatic N) is 1. The number of aromatic nitrogens is 1. The van der Waals surface area contributed by atoms with E-state index in [4.69, 9.17) is 4.74 Å². The van der Waals surface area contributed by atoms with E-state index in [1.54, 1.807) is 19.1 Å². The van der Waals surface area contributed by atoms with Gasteiger partial charge in [-0.05, 0) is 37.3 Å². The Morgan fingerprint density at radius 2 is 1.85 bits per heavy atom. The van der Waals surface area contributed by atoms with Gasteiger partial charge < -0.3 is 4.74 Å². The third-order valence-corrected chi connectivity index (χ3v) is 2.58. The second-order valence-electron chi connectivity index (χ2n) is 4.10. The lowest BCUT2D eigenvalue weighted by Gasteiger charge is -2.12. The Hall–Kier alpha value is -2.37. The lowest BCUT2D eigenvalue weighted by atomic mass is 10.1. The van der Waals surface area contributed by atoms with E-state index in [2.05, 4.69) is 4.98 Å². The van der Waals surface area contributed by atoms with E-state index < -0.39 is 17.3 Å². The van der Waals surface area contributed by atoms with Crippen molar-refractivity contribution in [1.29, 1.82) is 0 Å². The average Bonchev–Trinajstić information content (AvgIpc) is 2.40. The minimum Gasteiger partial charge on any atom is -0.456 e. The molecule has 0 amide bonds. The van der Waals surface area contributed by atoms with Crippen LogP contribution < -0.4 is 4.74 Å². The molecule has 0 radical (unpaired) electrons. The molecule has 0 aliphatic rings. The molecule has 104 valence electrons. The lowest BCUT2D eigenvalue weighted by Crippen LogP contribution is -2.09. The van der Waals surface area contributed by atoms with Gasteiger partial charge in [-0.25, -0.2) is 0 Å². The van der Waals surface area contributed by atoms with Gasteiger partial charge in [0.05, 0.1) is 11.8 Å². The number of carbonyl (C=O) groups excluding carboxylic acids is 1. The summed E-state index contributed by atoms with van der Waals surface area (Å²) in [4.78, 5) is 14.6. The second kappa shape index (κ2) is 5.32. The first kappa shape index (κ1) is 14.0. The van der Waals surface area contributed by atoms with E-state index in [1.807, 2.05) is 0 Å². The summed E-state index contributed by atoms with van der Waals surface area (Å²) < 4.78 is 43.6. The number of carbonyl (C=O) groups is 1. The van der Waals surface area contributed by atoms with Crippen molar-refractivity contribution in [2.75, 3.05) is 0 Å². The molecule has 0 unspecified atom stereocenters. The van der Waals surface area contributed by atoms with Crippen LogP contribution in [0.5, 0.6) is 11.5 Å². The molecule has 1 aromatic heterocycles. The molecule has 2 aromatic rings. The number of aldehydes is 1. The van der Waals surface area contributed by atoms with Gasteiger partial charge in [0.1, 0.15) is 11.5 Å². The maximum Gasteiger partial charge on any atom is 0.417 e. The van der Waals surface area contributed by atoms with Gasteiger partial charge in [0.2, 0.25) is 0 Å². The van der Waals surface area contributed by atoms with E-state index in [0.717, 1.165) is 17.8 Å². The van der Waals surface area contributed by atoms with Crippen molar-refractivity contribution < 1.29 is 22.7 Å². The zero-order valence-corrected chi connectivity index (χ0v) is 10.4. The third kappa shape index (κ3) is 3.14. The number of alkyl halides is 3. The van der Waals surface area contributed by atoms with Gasteiger partial charge in [-0.2, -0.15) is 13.2 Å². The Morgan fingerprint density at radius 1 is 1.15 bits per heavy atom. The first-order chi connectivity index (χ1) is 9.40. The number of hydrogen-bond donors (Lipinski definition) is 0. The summed E-state index contributed by atoms with van der Waals surface area (Å²) in [5, 5.41) is 0. The molecule has 0 atom stereocenters. The molecule has 0 saturated carbocycles. The van der Waals surface area contributed by atoms with Crippen molar-refractivity contribution in [3.63, 3.8) is 0 Å². The van der Waals surface area contributed by atoms with Gasteiger partial charge in [-0.15, -0.1) is 0 Å². The number of benzene rings is 1. The molecule has 0 bridgehead atoms. The number of hydrogen-bond acceptors (Lipinski definition) is 3. The highest BCUT2D eigenvalue weighted by Crippen LogP contribution is 2.34. The molecule has 1 aromatic carbocycles. The minimum atomic E-state index is -4.61. The number of halogens is 3. The van der Waals surface area contributed by atoms with Crippen LogP contribution in [0.4, 0.5) is 13.2 Å². The number of rotatable bonds is 3. The molecule has 0 fully saturated rings. The Balaban J connectivity index is 2.34. The third-order valence-electron chi connectivity index (χ3n) is 2.58. The molecule has 1 heterocycles. The fourth-order valence-electron chi connectivity index (χ4n) is 1.60. The summed E-state index contributed by atoms with van der Waals surface area (Å²) in [5.41, 5.74) is -0.679. The van der Waals surface area contributed by atoms with Gasteiger partial charge in [0.15, 0.2) is 6.29 Å². The summed E-state index contributed by atoms with van der Waals surface area (Å²) in [6, 6.07) is 6.46. The fraction of sp³-hybridized carbons (Fsp3) is 0.143.